The van der Waals surface area contributed by atoms with Crippen LogP contribution in [0, 0.1) is 23.7 Å². The van der Waals surface area contributed by atoms with E-state index in [9.17, 15) is 4.79 Å². The van der Waals surface area contributed by atoms with Gasteiger partial charge >= 0.3 is 6.09 Å². The quantitative estimate of drug-likeness (QED) is 0.392. The Labute approximate surface area is 172 Å². The van der Waals surface area contributed by atoms with Gasteiger partial charge in [-0.05, 0) is 42.5 Å². The molecule has 0 radical (unpaired) electrons. The minimum Gasteiger partial charge on any atom is -1.00 e. The van der Waals surface area contributed by atoms with Crippen molar-refractivity contribution in [1.29, 1.82) is 0 Å². The third-order valence-electron chi connectivity index (χ3n) is 5.06. The van der Waals surface area contributed by atoms with E-state index in [1.165, 1.54) is 6.42 Å². The van der Waals surface area contributed by atoms with Crippen LogP contribution >= 0.6 is 11.6 Å². The standard InChI is InChI=1S/C19H25ClN2O2.HI/c1-22(2,3)11-17-13-4-5-14(10-13)18(17)12-24-19(23)21-16-8-6-15(20)7-9-16;/h4-9,13-14,17-18H,10-12H2,1-3H3;1H/t13-,14-,17-,18+;/m0./s1. The second kappa shape index (κ2) is 8.27. The molecule has 2 bridgehead atoms. The number of hydrogen-bond donors (Lipinski definition) is 1. The molecule has 0 saturated heterocycles. The number of hydrogen-bond acceptors (Lipinski definition) is 2. The number of fused-ring (bicyclic) bond motifs is 2. The number of anilines is 1. The summed E-state index contributed by atoms with van der Waals surface area (Å²) in [6.45, 7) is 1.59. The van der Waals surface area contributed by atoms with Crippen molar-refractivity contribution in [2.24, 2.45) is 23.7 Å². The van der Waals surface area contributed by atoms with Crippen LogP contribution in [0.4, 0.5) is 10.5 Å². The molecule has 2 aliphatic rings. The van der Waals surface area contributed by atoms with E-state index in [0.717, 1.165) is 11.0 Å². The molecule has 0 unspecified atom stereocenters. The van der Waals surface area contributed by atoms with Crippen LogP contribution in [0.3, 0.4) is 0 Å². The maximum atomic E-state index is 12.1. The molecule has 6 heteroatoms. The molecule has 0 aliphatic heterocycles. The predicted octanol–water partition coefficient (Wildman–Crippen LogP) is 1.04. The first kappa shape index (κ1) is 20.5. The third-order valence-corrected chi connectivity index (χ3v) is 5.31. The lowest BCUT2D eigenvalue weighted by Crippen LogP contribution is -3.00. The molecule has 1 amide bonds. The Balaban J connectivity index is 0.00000225. The number of carbonyl (C=O) groups is 1. The smallest absolute Gasteiger partial charge is 0.411 e. The molecule has 0 heterocycles. The minimum atomic E-state index is -0.395. The van der Waals surface area contributed by atoms with Crippen LogP contribution in [-0.4, -0.2) is 44.9 Å². The van der Waals surface area contributed by atoms with Crippen molar-refractivity contribution in [1.82, 2.24) is 0 Å². The summed E-state index contributed by atoms with van der Waals surface area (Å²) in [5, 5.41) is 3.40. The van der Waals surface area contributed by atoms with Crippen LogP contribution in [0.1, 0.15) is 6.42 Å². The van der Waals surface area contributed by atoms with Crippen LogP contribution in [-0.2, 0) is 4.74 Å². The second-order valence-electron chi connectivity index (χ2n) is 7.98. The molecule has 4 nitrogen and oxygen atoms in total. The Morgan fingerprint density at radius 3 is 2.36 bits per heavy atom. The van der Waals surface area contributed by atoms with Crippen molar-refractivity contribution in [2.75, 3.05) is 39.6 Å². The van der Waals surface area contributed by atoms with Crippen molar-refractivity contribution in [3.05, 3.63) is 41.4 Å². The summed E-state index contributed by atoms with van der Waals surface area (Å²) in [7, 11) is 6.67. The molecular weight excluding hydrogens is 451 g/mol. The molecule has 0 spiro atoms. The average Bonchev–Trinajstić information content (AvgIpc) is 3.08. The highest BCUT2D eigenvalue weighted by Crippen LogP contribution is 2.48. The van der Waals surface area contributed by atoms with E-state index in [-0.39, 0.29) is 24.0 Å². The number of quaternary nitrogens is 1. The zero-order chi connectivity index (χ0) is 17.3. The first-order valence-electron chi connectivity index (χ1n) is 8.50. The Kier molecular flexibility index (Phi) is 6.79. The molecule has 0 aromatic heterocycles. The summed E-state index contributed by atoms with van der Waals surface area (Å²) in [6.07, 6.45) is 5.47. The summed E-state index contributed by atoms with van der Waals surface area (Å²) < 4.78 is 6.47. The van der Waals surface area contributed by atoms with Crippen molar-refractivity contribution < 1.29 is 38.0 Å². The molecule has 1 N–H and O–H groups in total. The highest BCUT2D eigenvalue weighted by atomic mass is 127. The molecule has 25 heavy (non-hydrogen) atoms. The number of nitrogens with zero attached hydrogens (tertiary/aromatic N) is 1. The molecular formula is C19H26ClIN2O2. The van der Waals surface area contributed by atoms with E-state index in [0.29, 0.717) is 41.0 Å². The van der Waals surface area contributed by atoms with Crippen molar-refractivity contribution in [3.8, 4) is 0 Å². The normalized spacial score (nSPS) is 27.0. The van der Waals surface area contributed by atoms with Crippen molar-refractivity contribution in [3.63, 3.8) is 0 Å². The summed E-state index contributed by atoms with van der Waals surface area (Å²) in [4.78, 5) is 12.1. The van der Waals surface area contributed by atoms with Gasteiger partial charge in [0.05, 0.1) is 34.3 Å². The maximum absolute atomic E-state index is 12.1. The van der Waals surface area contributed by atoms with Gasteiger partial charge in [-0.15, -0.1) is 0 Å². The first-order valence-corrected chi connectivity index (χ1v) is 8.88. The number of amides is 1. The number of halogens is 2. The van der Waals surface area contributed by atoms with Gasteiger partial charge in [0, 0.05) is 22.5 Å². The lowest BCUT2D eigenvalue weighted by Gasteiger charge is -2.34. The average molecular weight is 477 g/mol. The number of allylic oxidation sites excluding steroid dienone is 2. The van der Waals surface area contributed by atoms with Crippen LogP contribution in [0.15, 0.2) is 36.4 Å². The SMILES string of the molecule is C[N+](C)(C)C[C@@H]1[C@H](COC(=O)Nc2ccc(Cl)cc2)[C@H]2C=C[C@H]1C2.[I-]. The fraction of sp³-hybridized carbons (Fsp3) is 0.526. The van der Waals surface area contributed by atoms with Crippen molar-refractivity contribution >= 4 is 23.4 Å². The van der Waals surface area contributed by atoms with Gasteiger partial charge in [0.25, 0.3) is 0 Å². The van der Waals surface area contributed by atoms with Gasteiger partial charge in [-0.1, -0.05) is 23.8 Å². The maximum Gasteiger partial charge on any atom is 0.411 e. The van der Waals surface area contributed by atoms with Crippen LogP contribution in [0.25, 0.3) is 0 Å². The van der Waals surface area contributed by atoms with E-state index in [4.69, 9.17) is 16.3 Å². The molecule has 1 saturated carbocycles. The topological polar surface area (TPSA) is 38.3 Å². The molecule has 1 aromatic carbocycles. The van der Waals surface area contributed by atoms with E-state index in [1.54, 1.807) is 24.3 Å². The number of nitrogens with one attached hydrogen (secondary N) is 1. The highest BCUT2D eigenvalue weighted by Gasteiger charge is 2.47. The minimum absolute atomic E-state index is 0. The van der Waals surface area contributed by atoms with Gasteiger partial charge in [-0.3, -0.25) is 5.32 Å². The Hall–Kier alpha value is -0.790. The predicted molar refractivity (Wildman–Crippen MR) is 97.0 cm³/mol. The van der Waals surface area contributed by atoms with E-state index >= 15 is 0 Å². The second-order valence-corrected chi connectivity index (χ2v) is 8.42. The van der Waals surface area contributed by atoms with Gasteiger partial charge in [0.15, 0.2) is 0 Å². The van der Waals surface area contributed by atoms with Crippen LogP contribution in [0.2, 0.25) is 5.02 Å². The summed E-state index contributed by atoms with van der Waals surface area (Å²) in [5.74, 6) is 2.20. The lowest BCUT2D eigenvalue weighted by molar-refractivity contribution is -0.874. The molecule has 1 fully saturated rings. The lowest BCUT2D eigenvalue weighted by atomic mass is 9.83. The molecule has 1 aromatic rings. The van der Waals surface area contributed by atoms with E-state index in [2.05, 4.69) is 38.6 Å². The molecule has 3 rings (SSSR count). The van der Waals surface area contributed by atoms with E-state index < -0.39 is 6.09 Å². The van der Waals surface area contributed by atoms with Gasteiger partial charge in [-0.25, -0.2) is 4.79 Å². The Bertz CT molecular complexity index is 627. The van der Waals surface area contributed by atoms with Gasteiger partial charge in [0.1, 0.15) is 0 Å². The summed E-state index contributed by atoms with van der Waals surface area (Å²) in [6, 6.07) is 7.03. The van der Waals surface area contributed by atoms with Gasteiger partial charge in [-0.2, -0.15) is 0 Å². The molecule has 2 aliphatic carbocycles. The molecule has 4 atom stereocenters. The highest BCUT2D eigenvalue weighted by molar-refractivity contribution is 6.30. The third kappa shape index (κ3) is 5.34. The summed E-state index contributed by atoms with van der Waals surface area (Å²) >= 11 is 5.85. The van der Waals surface area contributed by atoms with Crippen molar-refractivity contribution in [2.45, 2.75) is 6.42 Å². The van der Waals surface area contributed by atoms with Crippen LogP contribution < -0.4 is 29.3 Å². The van der Waals surface area contributed by atoms with Gasteiger partial charge in [0.2, 0.25) is 0 Å². The van der Waals surface area contributed by atoms with E-state index in [1.807, 2.05) is 0 Å². The zero-order valence-corrected chi connectivity index (χ0v) is 17.8. The summed E-state index contributed by atoms with van der Waals surface area (Å²) in [5.41, 5.74) is 0.695. The number of carbonyl (C=O) groups excluding carboxylic acids is 1. The first-order chi connectivity index (χ1) is 11.3. The number of ether oxygens (including phenoxy) is 1. The fourth-order valence-corrected chi connectivity index (χ4v) is 4.16. The fourth-order valence-electron chi connectivity index (χ4n) is 4.04. The van der Waals surface area contributed by atoms with Crippen LogP contribution in [0.5, 0.6) is 0 Å². The number of benzene rings is 1. The Morgan fingerprint density at radius 2 is 1.76 bits per heavy atom. The van der Waals surface area contributed by atoms with Gasteiger partial charge < -0.3 is 33.2 Å². The molecule has 138 valence electrons. The number of rotatable bonds is 5. The Morgan fingerprint density at radius 1 is 1.16 bits per heavy atom. The largest absolute Gasteiger partial charge is 1.00 e. The zero-order valence-electron chi connectivity index (χ0n) is 14.9. The monoisotopic (exact) mass is 476 g/mol.